The molecule has 0 spiro atoms. The van der Waals surface area contributed by atoms with E-state index in [1.54, 1.807) is 36.4 Å². The second-order valence-electron chi connectivity index (χ2n) is 6.93. The molecule has 1 heterocycles. The van der Waals surface area contributed by atoms with Crippen molar-refractivity contribution in [3.63, 3.8) is 0 Å². The van der Waals surface area contributed by atoms with E-state index in [2.05, 4.69) is 0 Å². The molecular formula is C22H16F3NO4S. The summed E-state index contributed by atoms with van der Waals surface area (Å²) < 4.78 is 70.9. The molecule has 1 aliphatic rings. The van der Waals surface area contributed by atoms with Crippen LogP contribution in [0.15, 0.2) is 77.7 Å². The lowest BCUT2D eigenvalue weighted by Crippen LogP contribution is -2.30. The van der Waals surface area contributed by atoms with Crippen LogP contribution >= 0.6 is 0 Å². The van der Waals surface area contributed by atoms with Crippen molar-refractivity contribution >= 4 is 21.4 Å². The Balaban J connectivity index is 1.66. The zero-order valence-electron chi connectivity index (χ0n) is 16.0. The van der Waals surface area contributed by atoms with Gasteiger partial charge in [0.2, 0.25) is 0 Å². The van der Waals surface area contributed by atoms with Gasteiger partial charge in [-0.25, -0.2) is 8.42 Å². The largest absolute Gasteiger partial charge is 0.488 e. The van der Waals surface area contributed by atoms with Gasteiger partial charge in [0.05, 0.1) is 16.1 Å². The Bertz CT molecular complexity index is 1240. The minimum atomic E-state index is -4.77. The number of carbonyl (C=O) groups excluding carboxylic acids is 1. The highest BCUT2D eigenvalue weighted by molar-refractivity contribution is 7.92. The third-order valence-electron chi connectivity index (χ3n) is 4.80. The summed E-state index contributed by atoms with van der Waals surface area (Å²) in [5, 5.41) is 0. The molecule has 0 atom stereocenters. The molecular weight excluding hydrogens is 431 g/mol. The van der Waals surface area contributed by atoms with E-state index >= 15 is 0 Å². The summed E-state index contributed by atoms with van der Waals surface area (Å²) in [5.74, 6) is -1.88. The zero-order chi connectivity index (χ0) is 22.2. The summed E-state index contributed by atoms with van der Waals surface area (Å²) in [6.07, 6.45) is -4.77. The van der Waals surface area contributed by atoms with Gasteiger partial charge in [0, 0.05) is 5.56 Å². The quantitative estimate of drug-likeness (QED) is 0.583. The van der Waals surface area contributed by atoms with Crippen LogP contribution in [0.3, 0.4) is 0 Å². The number of hydrogen-bond donors (Lipinski definition) is 0. The third kappa shape index (κ3) is 4.13. The molecule has 5 nitrogen and oxygen atoms in total. The number of halogens is 3. The molecule has 0 saturated carbocycles. The van der Waals surface area contributed by atoms with Crippen LogP contribution in [0.4, 0.5) is 18.9 Å². The molecule has 3 aromatic carbocycles. The van der Waals surface area contributed by atoms with Gasteiger partial charge in [0.15, 0.2) is 9.84 Å². The lowest BCUT2D eigenvalue weighted by atomic mass is 10.1. The number of ether oxygens (including phenoxy) is 1. The van der Waals surface area contributed by atoms with Gasteiger partial charge in [0.1, 0.15) is 18.2 Å². The number of carbonyl (C=O) groups is 1. The number of fused-ring (bicyclic) bond motifs is 1. The molecule has 3 aromatic rings. The van der Waals surface area contributed by atoms with Crippen molar-refractivity contribution in [1.82, 2.24) is 0 Å². The lowest BCUT2D eigenvalue weighted by molar-refractivity contribution is -0.139. The van der Waals surface area contributed by atoms with Gasteiger partial charge < -0.3 is 4.74 Å². The van der Waals surface area contributed by atoms with Crippen LogP contribution in [0.25, 0.3) is 0 Å². The maximum Gasteiger partial charge on any atom is 0.419 e. The highest BCUT2D eigenvalue weighted by Gasteiger charge is 2.38. The number of para-hydroxylation sites is 1. The second kappa shape index (κ2) is 7.73. The Hall–Kier alpha value is -3.33. The molecule has 160 valence electrons. The first-order valence-corrected chi connectivity index (χ1v) is 10.8. The number of sulfone groups is 1. The zero-order valence-corrected chi connectivity index (χ0v) is 16.8. The summed E-state index contributed by atoms with van der Waals surface area (Å²) in [6, 6.07) is 17.6. The van der Waals surface area contributed by atoms with Gasteiger partial charge in [-0.05, 0) is 35.9 Å². The Labute approximate surface area is 176 Å². The number of benzene rings is 3. The van der Waals surface area contributed by atoms with Crippen molar-refractivity contribution in [1.29, 1.82) is 0 Å². The molecule has 1 amide bonds. The Morgan fingerprint density at radius 2 is 1.65 bits per heavy atom. The summed E-state index contributed by atoms with van der Waals surface area (Å²) in [4.78, 5) is 13.9. The molecule has 0 radical (unpaired) electrons. The van der Waals surface area contributed by atoms with Gasteiger partial charge in [-0.15, -0.1) is 0 Å². The Kier molecular flexibility index (Phi) is 5.22. The molecule has 1 aliphatic heterocycles. The molecule has 0 bridgehead atoms. The Morgan fingerprint density at radius 1 is 0.968 bits per heavy atom. The third-order valence-corrected chi connectivity index (χ3v) is 6.42. The first kappa shape index (κ1) is 20.9. The second-order valence-corrected chi connectivity index (χ2v) is 8.86. The molecule has 4 rings (SSSR count). The molecule has 0 saturated heterocycles. The highest BCUT2D eigenvalue weighted by Crippen LogP contribution is 2.39. The first-order valence-electron chi connectivity index (χ1n) is 9.18. The first-order chi connectivity index (χ1) is 14.7. The maximum atomic E-state index is 13.7. The number of anilines is 1. The van der Waals surface area contributed by atoms with Crippen molar-refractivity contribution in [2.24, 2.45) is 0 Å². The molecule has 0 unspecified atom stereocenters. The molecule has 0 fully saturated rings. The van der Waals surface area contributed by atoms with E-state index < -0.39 is 39.1 Å². The van der Waals surface area contributed by atoms with Gasteiger partial charge >= 0.3 is 6.18 Å². The topological polar surface area (TPSA) is 63.7 Å². The minimum Gasteiger partial charge on any atom is -0.488 e. The van der Waals surface area contributed by atoms with E-state index in [0.717, 1.165) is 11.0 Å². The number of rotatable bonds is 4. The van der Waals surface area contributed by atoms with Crippen LogP contribution < -0.4 is 9.64 Å². The lowest BCUT2D eigenvalue weighted by Gasteiger charge is -2.18. The van der Waals surface area contributed by atoms with Gasteiger partial charge in [-0.2, -0.15) is 13.2 Å². The van der Waals surface area contributed by atoms with Gasteiger partial charge in [-0.3, -0.25) is 9.69 Å². The van der Waals surface area contributed by atoms with Gasteiger partial charge in [0.25, 0.3) is 5.91 Å². The average molecular weight is 447 g/mol. The Morgan fingerprint density at radius 3 is 2.35 bits per heavy atom. The molecule has 31 heavy (non-hydrogen) atoms. The number of nitrogens with zero attached hydrogens (tertiary/aromatic N) is 1. The molecule has 0 aromatic heterocycles. The maximum absolute atomic E-state index is 13.7. The molecule has 0 aliphatic carbocycles. The monoisotopic (exact) mass is 447 g/mol. The molecule has 0 N–H and O–H groups in total. The van der Waals surface area contributed by atoms with Gasteiger partial charge in [-0.1, -0.05) is 42.5 Å². The summed E-state index contributed by atoms with van der Waals surface area (Å²) in [7, 11) is -3.74. The van der Waals surface area contributed by atoms with Crippen LogP contribution in [0.5, 0.6) is 5.75 Å². The van der Waals surface area contributed by atoms with E-state index in [-0.39, 0.29) is 22.8 Å². The normalized spacial score (nSPS) is 14.9. The number of amides is 1. The summed E-state index contributed by atoms with van der Waals surface area (Å²) in [6.45, 7) is -0.0744. The fraction of sp³-hybridized carbons (Fsp3) is 0.136. The fourth-order valence-electron chi connectivity index (χ4n) is 3.32. The fourth-order valence-corrected chi connectivity index (χ4v) is 4.84. The van der Waals surface area contributed by atoms with Crippen LogP contribution in [0.2, 0.25) is 0 Å². The van der Waals surface area contributed by atoms with E-state index in [1.807, 2.05) is 0 Å². The van der Waals surface area contributed by atoms with E-state index in [0.29, 0.717) is 11.6 Å². The number of alkyl halides is 3. The predicted molar refractivity (Wildman–Crippen MR) is 108 cm³/mol. The minimum absolute atomic E-state index is 0.0257. The molecule has 9 heteroatoms. The van der Waals surface area contributed by atoms with E-state index in [4.69, 9.17) is 4.74 Å². The van der Waals surface area contributed by atoms with Crippen LogP contribution in [-0.2, 0) is 22.6 Å². The van der Waals surface area contributed by atoms with Crippen molar-refractivity contribution in [3.8, 4) is 5.75 Å². The van der Waals surface area contributed by atoms with Crippen molar-refractivity contribution < 1.29 is 31.1 Å². The van der Waals surface area contributed by atoms with E-state index in [1.165, 1.54) is 24.3 Å². The standard InChI is InChI=1S/C22H16F3NO4S/c23-22(24,25)17-12-16(10-11-19(17)30-13-15-6-2-1-3-7-15)21(27)26-14-31(28,29)20-9-5-4-8-18(20)26/h1-12H,13-14H2. The number of hydrogen-bond acceptors (Lipinski definition) is 4. The average Bonchev–Trinajstić information content (AvgIpc) is 3.03. The highest BCUT2D eigenvalue weighted by atomic mass is 32.2. The van der Waals surface area contributed by atoms with Crippen molar-refractivity contribution in [2.45, 2.75) is 17.7 Å². The smallest absolute Gasteiger partial charge is 0.419 e. The summed E-state index contributed by atoms with van der Waals surface area (Å²) in [5.41, 5.74) is -0.559. The van der Waals surface area contributed by atoms with Crippen LogP contribution in [-0.4, -0.2) is 20.2 Å². The van der Waals surface area contributed by atoms with Crippen LogP contribution in [0, 0.1) is 0 Å². The van der Waals surface area contributed by atoms with Crippen LogP contribution in [0.1, 0.15) is 21.5 Å². The van der Waals surface area contributed by atoms with E-state index in [9.17, 15) is 26.4 Å². The van der Waals surface area contributed by atoms with Crippen molar-refractivity contribution in [2.75, 3.05) is 10.8 Å². The van der Waals surface area contributed by atoms with Crippen molar-refractivity contribution in [3.05, 3.63) is 89.5 Å². The predicted octanol–water partition coefficient (Wildman–Crippen LogP) is 4.68. The summed E-state index contributed by atoms with van der Waals surface area (Å²) >= 11 is 0. The SMILES string of the molecule is O=C(c1ccc(OCc2ccccc2)c(C(F)(F)F)c1)N1CS(=O)(=O)c2ccccc21.